The molecule has 0 aromatic heterocycles. The van der Waals surface area contributed by atoms with Crippen LogP contribution in [0.25, 0.3) is 0 Å². The third kappa shape index (κ3) is 3.49. The van der Waals surface area contributed by atoms with E-state index >= 15 is 0 Å². The van der Waals surface area contributed by atoms with E-state index in [0.717, 1.165) is 12.8 Å². The average Bonchev–Trinajstić information content (AvgIpc) is 3.07. The largest absolute Gasteiger partial charge is 0.370 e. The van der Waals surface area contributed by atoms with E-state index in [9.17, 15) is 0 Å². The minimum Gasteiger partial charge on any atom is -0.370 e. The second kappa shape index (κ2) is 5.86. The lowest BCUT2D eigenvalue weighted by molar-refractivity contribution is 0.354. The minimum atomic E-state index is 0.522. The van der Waals surface area contributed by atoms with Gasteiger partial charge in [-0.15, -0.1) is 6.58 Å². The van der Waals surface area contributed by atoms with Crippen molar-refractivity contribution in [2.75, 3.05) is 0 Å². The Hall–Kier alpha value is -1.08. The van der Waals surface area contributed by atoms with Crippen molar-refractivity contribution in [1.82, 2.24) is 0 Å². The summed E-state index contributed by atoms with van der Waals surface area (Å²) in [5.41, 5.74) is 1.44. The Morgan fingerprint density at radius 2 is 1.88 bits per heavy atom. The van der Waals surface area contributed by atoms with Gasteiger partial charge in [-0.2, -0.15) is 0 Å². The number of rotatable bonds is 7. The normalized spacial score (nSPS) is 23.0. The van der Waals surface area contributed by atoms with Crippen molar-refractivity contribution in [1.29, 1.82) is 0 Å². The molecule has 0 saturated carbocycles. The quantitative estimate of drug-likeness (QED) is 0.499. The van der Waals surface area contributed by atoms with Crippen LogP contribution in [0.5, 0.6) is 0 Å². The molecule has 0 N–H and O–H groups in total. The van der Waals surface area contributed by atoms with Crippen LogP contribution < -0.4 is 0 Å². The van der Waals surface area contributed by atoms with Gasteiger partial charge in [0.1, 0.15) is 0 Å². The molecule has 1 heterocycles. The Bertz CT molecular complexity index is 317. The molecule has 0 bridgehead atoms. The van der Waals surface area contributed by atoms with Gasteiger partial charge >= 0.3 is 0 Å². The third-order valence-corrected chi connectivity index (χ3v) is 3.14. The number of hydrogen-bond donors (Lipinski definition) is 0. The van der Waals surface area contributed by atoms with E-state index in [1.54, 1.807) is 0 Å². The molecule has 1 nitrogen and oxygen atoms in total. The van der Waals surface area contributed by atoms with Crippen LogP contribution in [0.3, 0.4) is 0 Å². The second-order valence-corrected chi connectivity index (χ2v) is 4.46. The predicted octanol–water partition coefficient (Wildman–Crippen LogP) is 3.74. The van der Waals surface area contributed by atoms with Crippen molar-refractivity contribution in [2.24, 2.45) is 0 Å². The summed E-state index contributed by atoms with van der Waals surface area (Å²) >= 11 is 0. The van der Waals surface area contributed by atoms with Crippen molar-refractivity contribution in [3.05, 3.63) is 48.6 Å². The van der Waals surface area contributed by atoms with Crippen LogP contribution in [-0.2, 0) is 11.2 Å². The van der Waals surface area contributed by atoms with Gasteiger partial charge in [0.2, 0.25) is 0 Å². The summed E-state index contributed by atoms with van der Waals surface area (Å²) in [5, 5.41) is 0. The number of aryl methyl sites for hydroxylation is 1. The lowest BCUT2D eigenvalue weighted by Gasteiger charge is -1.99. The van der Waals surface area contributed by atoms with E-state index in [-0.39, 0.29) is 0 Å². The van der Waals surface area contributed by atoms with Crippen LogP contribution in [0.15, 0.2) is 43.0 Å². The monoisotopic (exact) mass is 216 g/mol. The predicted molar refractivity (Wildman–Crippen MR) is 67.5 cm³/mol. The van der Waals surface area contributed by atoms with Gasteiger partial charge in [0.25, 0.3) is 0 Å². The van der Waals surface area contributed by atoms with Gasteiger partial charge in [-0.25, -0.2) is 0 Å². The van der Waals surface area contributed by atoms with E-state index in [2.05, 4.69) is 36.9 Å². The van der Waals surface area contributed by atoms with Crippen LogP contribution in [-0.4, -0.2) is 12.2 Å². The molecule has 2 atom stereocenters. The smallest absolute Gasteiger partial charge is 0.0844 e. The Labute approximate surface area is 98.1 Å². The summed E-state index contributed by atoms with van der Waals surface area (Å²) in [7, 11) is 0. The van der Waals surface area contributed by atoms with E-state index in [4.69, 9.17) is 4.74 Å². The molecule has 1 aromatic carbocycles. The Morgan fingerprint density at radius 3 is 2.62 bits per heavy atom. The van der Waals surface area contributed by atoms with E-state index in [1.165, 1.54) is 24.8 Å². The van der Waals surface area contributed by atoms with Crippen molar-refractivity contribution in [3.63, 3.8) is 0 Å². The van der Waals surface area contributed by atoms with Gasteiger partial charge in [-0.1, -0.05) is 36.4 Å². The number of hydrogen-bond acceptors (Lipinski definition) is 1. The van der Waals surface area contributed by atoms with Crippen molar-refractivity contribution in [3.8, 4) is 0 Å². The lowest BCUT2D eigenvalue weighted by Crippen LogP contribution is -1.95. The van der Waals surface area contributed by atoms with E-state index in [1.807, 2.05) is 6.08 Å². The van der Waals surface area contributed by atoms with Gasteiger partial charge in [-0.3, -0.25) is 0 Å². The molecule has 0 spiro atoms. The molecular weight excluding hydrogens is 196 g/mol. The van der Waals surface area contributed by atoms with Crippen LogP contribution in [0.4, 0.5) is 0 Å². The molecule has 1 saturated heterocycles. The van der Waals surface area contributed by atoms with Gasteiger partial charge < -0.3 is 4.74 Å². The summed E-state index contributed by atoms with van der Waals surface area (Å²) in [6.45, 7) is 3.73. The maximum absolute atomic E-state index is 5.61. The van der Waals surface area contributed by atoms with Crippen molar-refractivity contribution in [2.45, 2.75) is 44.3 Å². The molecule has 16 heavy (non-hydrogen) atoms. The maximum atomic E-state index is 5.61. The van der Waals surface area contributed by atoms with Gasteiger partial charge in [0, 0.05) is 0 Å². The highest BCUT2D eigenvalue weighted by atomic mass is 16.6. The Kier molecular flexibility index (Phi) is 4.17. The fraction of sp³-hybridized carbons (Fsp3) is 0.467. The minimum absolute atomic E-state index is 0.522. The highest BCUT2D eigenvalue weighted by Crippen LogP contribution is 2.30. The first kappa shape index (κ1) is 11.4. The molecule has 1 aromatic rings. The van der Waals surface area contributed by atoms with Gasteiger partial charge in [-0.05, 0) is 37.7 Å². The third-order valence-electron chi connectivity index (χ3n) is 3.14. The maximum Gasteiger partial charge on any atom is 0.0844 e. The fourth-order valence-electron chi connectivity index (χ4n) is 2.12. The Morgan fingerprint density at radius 1 is 1.12 bits per heavy atom. The average molecular weight is 216 g/mol. The number of ether oxygens (including phenoxy) is 1. The molecule has 1 fully saturated rings. The number of allylic oxidation sites excluding steroid dienone is 1. The van der Waals surface area contributed by atoms with Gasteiger partial charge in [0.05, 0.1) is 12.2 Å². The van der Waals surface area contributed by atoms with Crippen molar-refractivity contribution < 1.29 is 4.74 Å². The molecule has 0 aliphatic carbocycles. The number of benzene rings is 1. The van der Waals surface area contributed by atoms with Crippen LogP contribution >= 0.6 is 0 Å². The van der Waals surface area contributed by atoms with Crippen molar-refractivity contribution >= 4 is 0 Å². The molecular formula is C15H20O. The standard InChI is InChI=1S/C15H20O/c1-2-3-11-14-15(16-14)12-7-10-13-8-5-4-6-9-13/h2,4-6,8-9,14-15H,1,3,7,10-12H2. The summed E-state index contributed by atoms with van der Waals surface area (Å²) in [5.74, 6) is 0. The fourth-order valence-corrected chi connectivity index (χ4v) is 2.12. The first-order valence-electron chi connectivity index (χ1n) is 6.20. The Balaban J connectivity index is 1.58. The topological polar surface area (TPSA) is 12.5 Å². The summed E-state index contributed by atoms with van der Waals surface area (Å²) < 4.78 is 5.61. The summed E-state index contributed by atoms with van der Waals surface area (Å²) in [4.78, 5) is 0. The first-order chi connectivity index (χ1) is 7.90. The highest BCUT2D eigenvalue weighted by Gasteiger charge is 2.36. The number of epoxide rings is 1. The zero-order valence-electron chi connectivity index (χ0n) is 9.77. The molecule has 1 aliphatic heterocycles. The highest BCUT2D eigenvalue weighted by molar-refractivity contribution is 5.14. The van der Waals surface area contributed by atoms with Crippen LogP contribution in [0, 0.1) is 0 Å². The van der Waals surface area contributed by atoms with E-state index < -0.39 is 0 Å². The molecule has 0 radical (unpaired) electrons. The van der Waals surface area contributed by atoms with Crippen LogP contribution in [0.2, 0.25) is 0 Å². The molecule has 86 valence electrons. The lowest BCUT2D eigenvalue weighted by atomic mass is 10.1. The zero-order valence-corrected chi connectivity index (χ0v) is 9.77. The first-order valence-corrected chi connectivity index (χ1v) is 6.20. The van der Waals surface area contributed by atoms with Crippen LogP contribution in [0.1, 0.15) is 31.2 Å². The zero-order chi connectivity index (χ0) is 11.2. The molecule has 2 unspecified atom stereocenters. The summed E-state index contributed by atoms with van der Waals surface area (Å²) in [6.07, 6.45) is 8.88. The molecule has 2 rings (SSSR count). The molecule has 1 aliphatic rings. The summed E-state index contributed by atoms with van der Waals surface area (Å²) in [6, 6.07) is 10.7. The second-order valence-electron chi connectivity index (χ2n) is 4.46. The molecule has 1 heteroatoms. The SMILES string of the molecule is C=CCCC1OC1CCCc1ccccc1. The molecule has 0 amide bonds. The van der Waals surface area contributed by atoms with E-state index in [0.29, 0.717) is 12.2 Å². The van der Waals surface area contributed by atoms with Gasteiger partial charge in [0.15, 0.2) is 0 Å².